The molecule has 0 bridgehead atoms. The van der Waals surface area contributed by atoms with Crippen LogP contribution in [0.3, 0.4) is 0 Å². The van der Waals surface area contributed by atoms with Crippen molar-refractivity contribution in [2.45, 2.75) is 116 Å². The molecule has 0 saturated heterocycles. The van der Waals surface area contributed by atoms with E-state index in [2.05, 4.69) is 16.0 Å². The second-order valence-electron chi connectivity index (χ2n) is 12.9. The lowest BCUT2D eigenvalue weighted by Crippen LogP contribution is -2.50. The minimum atomic E-state index is -0.489. The number of benzene rings is 1. The predicted molar refractivity (Wildman–Crippen MR) is 172 cm³/mol. The third kappa shape index (κ3) is 10.8. The van der Waals surface area contributed by atoms with Crippen LogP contribution in [0, 0.1) is 5.92 Å². The van der Waals surface area contributed by atoms with Crippen LogP contribution in [-0.4, -0.2) is 96.6 Å². The number of fused-ring (bicyclic) bond motifs is 1. The number of nitrogens with one attached hydrogen (secondary N) is 3. The highest BCUT2D eigenvalue weighted by Crippen LogP contribution is 2.28. The fourth-order valence-electron chi connectivity index (χ4n) is 5.78. The minimum Gasteiger partial charge on any atom is -0.490 e. The molecule has 1 fully saturated rings. The maximum absolute atomic E-state index is 14.2. The second kappa shape index (κ2) is 17.4. The monoisotopic (exact) mass is 617 g/mol. The van der Waals surface area contributed by atoms with Gasteiger partial charge in [0.2, 0.25) is 0 Å². The first kappa shape index (κ1) is 35.4. The Labute approximate surface area is 263 Å². The molecule has 1 aliphatic heterocycles. The molecular weight excluding hydrogens is 562 g/mol. The summed E-state index contributed by atoms with van der Waals surface area (Å²) in [5.41, 5.74) is 0.772. The predicted octanol–water partition coefficient (Wildman–Crippen LogP) is 4.99. The molecule has 11 nitrogen and oxygen atoms in total. The van der Waals surface area contributed by atoms with Gasteiger partial charge in [-0.25, -0.2) is 9.59 Å². The van der Waals surface area contributed by atoms with Crippen molar-refractivity contribution in [2.24, 2.45) is 5.92 Å². The number of likely N-dealkylation sites (N-methyl/N-ethyl adjacent to an activating group) is 1. The smallest absolute Gasteiger partial charge is 0.319 e. The average molecular weight is 618 g/mol. The van der Waals surface area contributed by atoms with Crippen LogP contribution < -0.4 is 20.7 Å². The van der Waals surface area contributed by atoms with Crippen molar-refractivity contribution < 1.29 is 29.0 Å². The highest BCUT2D eigenvalue weighted by atomic mass is 16.5. The number of hydrogen-bond donors (Lipinski definition) is 4. The first-order chi connectivity index (χ1) is 21.0. The lowest BCUT2D eigenvalue weighted by atomic mass is 9.96. The fourth-order valence-corrected chi connectivity index (χ4v) is 5.78. The standard InChI is InChI=1S/C33H55N5O6/c1-22(2)34-32(41)35-27-15-16-29-28(18-27)31(40)38(24(4)21-39)19-23(3)30(43-17-11-10-12-25(5)44-29)20-37(6)33(42)36-26-13-8-7-9-14-26/h15-16,18,22-26,30,39H,7-14,17,19-21H2,1-6H3,(H,36,42)(H2,34,35,41)/t23-,24+,25+,30-/m1/s1. The van der Waals surface area contributed by atoms with E-state index in [9.17, 15) is 19.5 Å². The Morgan fingerprint density at radius 1 is 1.07 bits per heavy atom. The molecule has 1 heterocycles. The van der Waals surface area contributed by atoms with E-state index in [1.165, 1.54) is 6.42 Å². The van der Waals surface area contributed by atoms with Gasteiger partial charge in [-0.05, 0) is 78.0 Å². The van der Waals surface area contributed by atoms with E-state index in [0.29, 0.717) is 36.7 Å². The molecule has 248 valence electrons. The molecule has 1 aliphatic carbocycles. The molecule has 0 radical (unpaired) electrons. The summed E-state index contributed by atoms with van der Waals surface area (Å²) < 4.78 is 12.6. The van der Waals surface area contributed by atoms with Crippen LogP contribution in [0.1, 0.15) is 96.3 Å². The van der Waals surface area contributed by atoms with E-state index in [1.54, 1.807) is 42.0 Å². The molecule has 4 N–H and O–H groups in total. The number of amides is 5. The molecule has 0 aromatic heterocycles. The third-order valence-electron chi connectivity index (χ3n) is 8.46. The Morgan fingerprint density at radius 2 is 1.77 bits per heavy atom. The Morgan fingerprint density at radius 3 is 2.45 bits per heavy atom. The normalized spacial score (nSPS) is 23.1. The summed E-state index contributed by atoms with van der Waals surface area (Å²) in [5.74, 6) is -0.0287. The van der Waals surface area contributed by atoms with Crippen molar-refractivity contribution >= 4 is 23.7 Å². The number of anilines is 1. The molecule has 44 heavy (non-hydrogen) atoms. The van der Waals surface area contributed by atoms with Crippen molar-refractivity contribution in [1.82, 2.24) is 20.4 Å². The highest BCUT2D eigenvalue weighted by molar-refractivity contribution is 5.99. The molecule has 1 saturated carbocycles. The van der Waals surface area contributed by atoms with Crippen LogP contribution in [0.5, 0.6) is 5.75 Å². The van der Waals surface area contributed by atoms with Crippen LogP contribution in [-0.2, 0) is 4.74 Å². The van der Waals surface area contributed by atoms with Crippen LogP contribution >= 0.6 is 0 Å². The topological polar surface area (TPSA) is 132 Å². The molecule has 0 unspecified atom stereocenters. The maximum atomic E-state index is 14.2. The number of aliphatic hydroxyl groups is 1. The van der Waals surface area contributed by atoms with E-state index in [4.69, 9.17) is 9.47 Å². The Bertz CT molecular complexity index is 1080. The van der Waals surface area contributed by atoms with Gasteiger partial charge in [0.1, 0.15) is 5.75 Å². The van der Waals surface area contributed by atoms with Gasteiger partial charge in [0.15, 0.2) is 0 Å². The summed E-state index contributed by atoms with van der Waals surface area (Å²) in [7, 11) is 1.79. The largest absolute Gasteiger partial charge is 0.490 e. The zero-order valence-electron chi connectivity index (χ0n) is 27.6. The molecule has 11 heteroatoms. The van der Waals surface area contributed by atoms with Gasteiger partial charge in [-0.2, -0.15) is 0 Å². The number of ether oxygens (including phenoxy) is 2. The average Bonchev–Trinajstić information content (AvgIpc) is 2.98. The van der Waals surface area contributed by atoms with Gasteiger partial charge in [0.25, 0.3) is 5.91 Å². The van der Waals surface area contributed by atoms with Crippen LogP contribution in [0.2, 0.25) is 0 Å². The molecule has 2 aliphatic rings. The van der Waals surface area contributed by atoms with Gasteiger partial charge in [-0.15, -0.1) is 0 Å². The fraction of sp³-hybridized carbons (Fsp3) is 0.727. The number of aliphatic hydroxyl groups excluding tert-OH is 1. The van der Waals surface area contributed by atoms with Crippen LogP contribution in [0.15, 0.2) is 18.2 Å². The van der Waals surface area contributed by atoms with Gasteiger partial charge in [-0.1, -0.05) is 26.2 Å². The Kier molecular flexibility index (Phi) is 14.0. The number of carbonyl (C=O) groups excluding carboxylic acids is 3. The van der Waals surface area contributed by atoms with Crippen LogP contribution in [0.25, 0.3) is 0 Å². The third-order valence-corrected chi connectivity index (χ3v) is 8.46. The van der Waals surface area contributed by atoms with E-state index < -0.39 is 6.04 Å². The van der Waals surface area contributed by atoms with E-state index in [-0.39, 0.29) is 54.8 Å². The van der Waals surface area contributed by atoms with Crippen molar-refractivity contribution in [3.8, 4) is 5.75 Å². The van der Waals surface area contributed by atoms with Crippen LogP contribution in [0.4, 0.5) is 15.3 Å². The SMILES string of the molecule is CC(C)NC(=O)Nc1ccc2c(c1)C(=O)N([C@@H](C)CO)C[C@@H](C)[C@@H](CN(C)C(=O)NC1CCCCC1)OCCCC[C@H](C)O2. The Hall–Kier alpha value is -3.05. The minimum absolute atomic E-state index is 0.0481. The number of carbonyl (C=O) groups is 3. The number of urea groups is 2. The number of rotatable bonds is 7. The molecule has 1 aromatic carbocycles. The first-order valence-electron chi connectivity index (χ1n) is 16.4. The number of hydrogen-bond acceptors (Lipinski definition) is 6. The second-order valence-corrected chi connectivity index (χ2v) is 12.9. The zero-order chi connectivity index (χ0) is 32.2. The van der Waals surface area contributed by atoms with Gasteiger partial charge in [-0.3, -0.25) is 4.79 Å². The first-order valence-corrected chi connectivity index (χ1v) is 16.4. The Balaban J connectivity index is 1.86. The summed E-state index contributed by atoms with van der Waals surface area (Å²) in [6.45, 7) is 10.5. The quantitative estimate of drug-likeness (QED) is 0.341. The summed E-state index contributed by atoms with van der Waals surface area (Å²) in [4.78, 5) is 43.0. The van der Waals surface area contributed by atoms with Crippen molar-refractivity contribution in [1.29, 1.82) is 0 Å². The molecule has 3 rings (SSSR count). The van der Waals surface area contributed by atoms with E-state index >= 15 is 0 Å². The molecule has 4 atom stereocenters. The van der Waals surface area contributed by atoms with E-state index in [1.807, 2.05) is 27.7 Å². The molecule has 1 aromatic rings. The van der Waals surface area contributed by atoms with E-state index in [0.717, 1.165) is 44.9 Å². The van der Waals surface area contributed by atoms with Gasteiger partial charge >= 0.3 is 12.1 Å². The molecule has 0 spiro atoms. The lowest BCUT2D eigenvalue weighted by Gasteiger charge is -2.36. The lowest BCUT2D eigenvalue weighted by molar-refractivity contribution is -0.0123. The zero-order valence-corrected chi connectivity index (χ0v) is 27.6. The summed E-state index contributed by atoms with van der Waals surface area (Å²) in [6.07, 6.45) is 7.54. The summed E-state index contributed by atoms with van der Waals surface area (Å²) in [5, 5.41) is 18.9. The van der Waals surface area contributed by atoms with Crippen molar-refractivity contribution in [3.63, 3.8) is 0 Å². The molecule has 5 amide bonds. The summed E-state index contributed by atoms with van der Waals surface area (Å²) in [6, 6.07) is 4.28. The van der Waals surface area contributed by atoms with Gasteiger partial charge < -0.3 is 40.3 Å². The highest BCUT2D eigenvalue weighted by Gasteiger charge is 2.31. The number of nitrogens with zero attached hydrogens (tertiary/aromatic N) is 2. The van der Waals surface area contributed by atoms with Gasteiger partial charge in [0, 0.05) is 50.4 Å². The molecular formula is C33H55N5O6. The summed E-state index contributed by atoms with van der Waals surface area (Å²) >= 11 is 0. The van der Waals surface area contributed by atoms with Gasteiger partial charge in [0.05, 0.1) is 30.4 Å². The maximum Gasteiger partial charge on any atom is 0.319 e. The van der Waals surface area contributed by atoms with Crippen molar-refractivity contribution in [3.05, 3.63) is 23.8 Å². The van der Waals surface area contributed by atoms with Crippen molar-refractivity contribution in [2.75, 3.05) is 38.7 Å².